The van der Waals surface area contributed by atoms with E-state index in [9.17, 15) is 0 Å². The van der Waals surface area contributed by atoms with Gasteiger partial charge in [0.15, 0.2) is 0 Å². The molecule has 2 fully saturated rings. The zero-order valence-corrected chi connectivity index (χ0v) is 18.2. The Morgan fingerprint density at radius 1 is 1.06 bits per heavy atom. The summed E-state index contributed by atoms with van der Waals surface area (Å²) >= 11 is 0. The van der Waals surface area contributed by atoms with Crippen LogP contribution in [0.2, 0.25) is 0 Å². The van der Waals surface area contributed by atoms with Gasteiger partial charge in [-0.25, -0.2) is 4.98 Å². The normalized spacial score (nSPS) is 18.1. The number of nitrogens with zero attached hydrogens (tertiary/aromatic N) is 5. The molecular weight excluding hydrogens is 386 g/mol. The molecule has 2 N–H and O–H groups in total. The van der Waals surface area contributed by atoms with Crippen molar-refractivity contribution in [2.24, 2.45) is 0 Å². The number of benzene rings is 1. The molecule has 1 aromatic carbocycles. The molecule has 7 nitrogen and oxygen atoms in total. The zero-order chi connectivity index (χ0) is 21.5. The van der Waals surface area contributed by atoms with E-state index in [1.54, 1.807) is 12.3 Å². The van der Waals surface area contributed by atoms with Gasteiger partial charge in [0.2, 0.25) is 5.95 Å². The molecule has 4 rings (SSSR count). The Hall–Kier alpha value is -3.11. The Morgan fingerprint density at radius 2 is 1.81 bits per heavy atom. The van der Waals surface area contributed by atoms with E-state index in [0.717, 1.165) is 56.1 Å². The van der Waals surface area contributed by atoms with E-state index in [1.165, 1.54) is 31.0 Å². The highest BCUT2D eigenvalue weighted by Gasteiger charge is 2.16. The predicted molar refractivity (Wildman–Crippen MR) is 127 cm³/mol. The van der Waals surface area contributed by atoms with Gasteiger partial charge in [-0.1, -0.05) is 19.3 Å². The van der Waals surface area contributed by atoms with E-state index in [2.05, 4.69) is 62.8 Å². The fourth-order valence-corrected chi connectivity index (χ4v) is 4.21. The van der Waals surface area contributed by atoms with E-state index in [1.807, 2.05) is 0 Å². The van der Waals surface area contributed by atoms with Crippen molar-refractivity contribution in [3.05, 3.63) is 42.1 Å². The van der Waals surface area contributed by atoms with Crippen LogP contribution in [0, 0.1) is 11.3 Å². The highest BCUT2D eigenvalue weighted by atomic mass is 15.2. The number of hydrogen-bond donors (Lipinski definition) is 2. The number of nitrogens with one attached hydrogen (secondary N) is 2. The smallest absolute Gasteiger partial charge is 0.229 e. The van der Waals surface area contributed by atoms with Crippen LogP contribution in [-0.4, -0.2) is 54.1 Å². The number of aromatic nitrogens is 2. The third-order valence-corrected chi connectivity index (χ3v) is 6.09. The van der Waals surface area contributed by atoms with Crippen LogP contribution in [0.25, 0.3) is 6.08 Å². The summed E-state index contributed by atoms with van der Waals surface area (Å²) in [6, 6.07) is 10.9. The van der Waals surface area contributed by atoms with Crippen molar-refractivity contribution >= 4 is 29.2 Å². The molecule has 7 heteroatoms. The van der Waals surface area contributed by atoms with Gasteiger partial charge in [0, 0.05) is 61.4 Å². The molecule has 162 valence electrons. The molecule has 2 heterocycles. The summed E-state index contributed by atoms with van der Waals surface area (Å²) in [4.78, 5) is 14.0. The molecule has 0 radical (unpaired) electrons. The highest BCUT2D eigenvalue weighted by Crippen LogP contribution is 2.25. The van der Waals surface area contributed by atoms with Crippen molar-refractivity contribution < 1.29 is 0 Å². The first-order valence-electron chi connectivity index (χ1n) is 11.2. The van der Waals surface area contributed by atoms with Crippen LogP contribution >= 0.6 is 0 Å². The maximum absolute atomic E-state index is 8.90. The van der Waals surface area contributed by atoms with Crippen LogP contribution in [0.3, 0.4) is 0 Å². The van der Waals surface area contributed by atoms with Gasteiger partial charge in [-0.15, -0.1) is 0 Å². The number of likely N-dealkylation sites (N-methyl/N-ethyl adjacent to an activating group) is 1. The number of allylic oxidation sites excluding steroid dienone is 1. The predicted octanol–water partition coefficient (Wildman–Crippen LogP) is 4.25. The maximum atomic E-state index is 8.90. The number of piperazine rings is 1. The second kappa shape index (κ2) is 10.3. The fraction of sp³-hybridized carbons (Fsp3) is 0.458. The van der Waals surface area contributed by atoms with Crippen molar-refractivity contribution in [2.75, 3.05) is 48.8 Å². The molecule has 0 bridgehead atoms. The first kappa shape index (κ1) is 21.1. The Balaban J connectivity index is 1.46. The summed E-state index contributed by atoms with van der Waals surface area (Å²) in [5.41, 5.74) is 3.04. The van der Waals surface area contributed by atoms with Gasteiger partial charge in [0.25, 0.3) is 0 Å². The minimum atomic E-state index is 0.425. The third kappa shape index (κ3) is 5.74. The molecule has 0 amide bonds. The summed E-state index contributed by atoms with van der Waals surface area (Å²) in [6.45, 7) is 4.30. The number of rotatable bonds is 6. The maximum Gasteiger partial charge on any atom is 0.229 e. The van der Waals surface area contributed by atoms with E-state index >= 15 is 0 Å². The van der Waals surface area contributed by atoms with Crippen LogP contribution < -0.4 is 15.5 Å². The Bertz CT molecular complexity index is 918. The number of hydrogen-bond acceptors (Lipinski definition) is 7. The topological polar surface area (TPSA) is 80.1 Å². The molecule has 1 saturated carbocycles. The lowest BCUT2D eigenvalue weighted by molar-refractivity contribution is 0.313. The van der Waals surface area contributed by atoms with Crippen molar-refractivity contribution in [3.63, 3.8) is 0 Å². The van der Waals surface area contributed by atoms with Crippen molar-refractivity contribution in [1.82, 2.24) is 14.9 Å². The molecule has 2 aromatic rings. The molecule has 0 unspecified atom stereocenters. The van der Waals surface area contributed by atoms with E-state index in [-0.39, 0.29) is 0 Å². The van der Waals surface area contributed by atoms with E-state index in [4.69, 9.17) is 10.2 Å². The monoisotopic (exact) mass is 417 g/mol. The van der Waals surface area contributed by atoms with Crippen LogP contribution in [0.1, 0.15) is 37.7 Å². The van der Waals surface area contributed by atoms with Gasteiger partial charge in [0.1, 0.15) is 5.82 Å². The van der Waals surface area contributed by atoms with Gasteiger partial charge >= 0.3 is 0 Å². The van der Waals surface area contributed by atoms with Crippen LogP contribution in [-0.2, 0) is 0 Å². The SMILES string of the molecule is CN1CCN(c2ccc(Nc3ncc(C=CC#N)c(NC4CCCCC4)n3)cc2)CC1. The summed E-state index contributed by atoms with van der Waals surface area (Å²) in [6.07, 6.45) is 11.1. The fourth-order valence-electron chi connectivity index (χ4n) is 4.21. The molecule has 0 spiro atoms. The van der Waals surface area contributed by atoms with Crippen molar-refractivity contribution in [1.29, 1.82) is 5.26 Å². The summed E-state index contributed by atoms with van der Waals surface area (Å²) in [5, 5.41) is 15.8. The minimum absolute atomic E-state index is 0.425. The molecule has 1 aromatic heterocycles. The van der Waals surface area contributed by atoms with Gasteiger partial charge in [0.05, 0.1) is 6.07 Å². The summed E-state index contributed by atoms with van der Waals surface area (Å²) < 4.78 is 0. The molecule has 1 aliphatic carbocycles. The molecule has 2 aliphatic rings. The second-order valence-corrected chi connectivity index (χ2v) is 8.40. The number of anilines is 4. The first-order chi connectivity index (χ1) is 15.2. The Morgan fingerprint density at radius 3 is 2.52 bits per heavy atom. The average molecular weight is 418 g/mol. The Labute approximate surface area is 184 Å². The molecular formula is C24H31N7. The molecule has 1 aliphatic heterocycles. The van der Waals surface area contributed by atoms with Gasteiger partial charge in [-0.2, -0.15) is 10.2 Å². The van der Waals surface area contributed by atoms with E-state index in [0.29, 0.717) is 12.0 Å². The highest BCUT2D eigenvalue weighted by molar-refractivity contribution is 5.67. The van der Waals surface area contributed by atoms with Gasteiger partial charge < -0.3 is 20.4 Å². The standard InChI is InChI=1S/C24H31N7/c1-30-14-16-31(17-15-30)22-11-9-21(10-12-22)28-24-26-18-19(6-5-13-25)23(29-24)27-20-7-3-2-4-8-20/h5-6,9-12,18,20H,2-4,7-8,14-17H2,1H3,(H2,26,27,28,29). The number of nitriles is 1. The second-order valence-electron chi connectivity index (χ2n) is 8.40. The zero-order valence-electron chi connectivity index (χ0n) is 18.2. The lowest BCUT2D eigenvalue weighted by atomic mass is 9.95. The summed E-state index contributed by atoms with van der Waals surface area (Å²) in [5.74, 6) is 1.34. The van der Waals surface area contributed by atoms with Crippen LogP contribution in [0.4, 0.5) is 23.1 Å². The molecule has 0 atom stereocenters. The largest absolute Gasteiger partial charge is 0.369 e. The first-order valence-corrected chi connectivity index (χ1v) is 11.2. The lowest BCUT2D eigenvalue weighted by Gasteiger charge is -2.34. The molecule has 1 saturated heterocycles. The molecule has 31 heavy (non-hydrogen) atoms. The third-order valence-electron chi connectivity index (χ3n) is 6.09. The van der Waals surface area contributed by atoms with Gasteiger partial charge in [-0.3, -0.25) is 0 Å². The lowest BCUT2D eigenvalue weighted by Crippen LogP contribution is -2.44. The van der Waals surface area contributed by atoms with Crippen molar-refractivity contribution in [2.45, 2.75) is 38.1 Å². The quantitative estimate of drug-likeness (QED) is 0.680. The average Bonchev–Trinajstić information content (AvgIpc) is 2.80. The van der Waals surface area contributed by atoms with E-state index < -0.39 is 0 Å². The van der Waals surface area contributed by atoms with Gasteiger partial charge in [-0.05, 0) is 50.2 Å². The Kier molecular flexibility index (Phi) is 7.00. The van der Waals surface area contributed by atoms with Crippen LogP contribution in [0.15, 0.2) is 36.5 Å². The minimum Gasteiger partial charge on any atom is -0.369 e. The van der Waals surface area contributed by atoms with Crippen LogP contribution in [0.5, 0.6) is 0 Å². The van der Waals surface area contributed by atoms with Crippen molar-refractivity contribution in [3.8, 4) is 6.07 Å². The summed E-state index contributed by atoms with van der Waals surface area (Å²) in [7, 11) is 2.17.